The van der Waals surface area contributed by atoms with Crippen LogP contribution in [0, 0.1) is 13.8 Å². The SMILES string of the molecule is CC(=O)N(c1ccc(C)c(C)c1)c1nc(Cn2c(Cl)nc3c2c(=O)n(C)c(=O)n3C)cs1. The smallest absolute Gasteiger partial charge is 0.303 e. The van der Waals surface area contributed by atoms with E-state index in [1.165, 1.54) is 41.5 Å². The van der Waals surface area contributed by atoms with Crippen LogP contribution in [0.4, 0.5) is 10.8 Å². The maximum absolute atomic E-state index is 12.7. The molecule has 0 N–H and O–H groups in total. The predicted molar refractivity (Wildman–Crippen MR) is 125 cm³/mol. The number of carbonyl (C=O) groups is 1. The molecular weight excluding hydrogens is 452 g/mol. The third-order valence-corrected chi connectivity index (χ3v) is 6.58. The van der Waals surface area contributed by atoms with Crippen LogP contribution in [0.1, 0.15) is 23.7 Å². The maximum atomic E-state index is 12.7. The molecular formula is C21H21ClN6O3S. The van der Waals surface area contributed by atoms with Gasteiger partial charge >= 0.3 is 5.69 Å². The van der Waals surface area contributed by atoms with Crippen LogP contribution >= 0.6 is 22.9 Å². The van der Waals surface area contributed by atoms with Crippen molar-refractivity contribution in [3.05, 3.63) is 66.5 Å². The van der Waals surface area contributed by atoms with Gasteiger partial charge in [0.15, 0.2) is 16.3 Å². The zero-order valence-electron chi connectivity index (χ0n) is 18.2. The molecule has 0 aliphatic carbocycles. The Morgan fingerprint density at radius 1 is 1.12 bits per heavy atom. The first-order chi connectivity index (χ1) is 15.1. The monoisotopic (exact) mass is 472 g/mol. The van der Waals surface area contributed by atoms with Crippen LogP contribution in [0.15, 0.2) is 33.2 Å². The fourth-order valence-electron chi connectivity index (χ4n) is 3.49. The zero-order valence-corrected chi connectivity index (χ0v) is 19.8. The lowest BCUT2D eigenvalue weighted by atomic mass is 10.1. The minimum Gasteiger partial charge on any atom is -0.303 e. The van der Waals surface area contributed by atoms with Crippen LogP contribution in [0.25, 0.3) is 11.2 Å². The molecule has 0 atom stereocenters. The lowest BCUT2D eigenvalue weighted by molar-refractivity contribution is -0.115. The van der Waals surface area contributed by atoms with E-state index >= 15 is 0 Å². The number of halogens is 1. The van der Waals surface area contributed by atoms with E-state index in [0.29, 0.717) is 10.8 Å². The molecule has 0 aliphatic heterocycles. The summed E-state index contributed by atoms with van der Waals surface area (Å²) in [6.45, 7) is 5.65. The number of amides is 1. The fraction of sp³-hybridized carbons (Fsp3) is 0.286. The van der Waals surface area contributed by atoms with Crippen LogP contribution in [0.5, 0.6) is 0 Å². The van der Waals surface area contributed by atoms with Gasteiger partial charge in [-0.2, -0.15) is 4.98 Å². The summed E-state index contributed by atoms with van der Waals surface area (Å²) in [5.74, 6) is -0.163. The molecule has 4 rings (SSSR count). The second-order valence-corrected chi connectivity index (χ2v) is 8.76. The number of hydrogen-bond acceptors (Lipinski definition) is 6. The van der Waals surface area contributed by atoms with E-state index in [9.17, 15) is 14.4 Å². The van der Waals surface area contributed by atoms with Gasteiger partial charge < -0.3 is 4.57 Å². The number of nitrogens with zero attached hydrogens (tertiary/aromatic N) is 6. The summed E-state index contributed by atoms with van der Waals surface area (Å²) in [6, 6.07) is 5.80. The number of aromatic nitrogens is 5. The highest BCUT2D eigenvalue weighted by Gasteiger charge is 2.21. The van der Waals surface area contributed by atoms with Gasteiger partial charge in [-0.3, -0.25) is 23.6 Å². The zero-order chi connectivity index (χ0) is 23.3. The topological polar surface area (TPSA) is 95.0 Å². The van der Waals surface area contributed by atoms with Crippen LogP contribution < -0.4 is 16.1 Å². The fourth-order valence-corrected chi connectivity index (χ4v) is 4.59. The van der Waals surface area contributed by atoms with Gasteiger partial charge in [0.2, 0.25) is 11.2 Å². The molecule has 4 aromatic rings. The number of anilines is 2. The molecule has 32 heavy (non-hydrogen) atoms. The number of benzene rings is 1. The number of thiazole rings is 1. The summed E-state index contributed by atoms with van der Waals surface area (Å²) in [7, 11) is 2.94. The van der Waals surface area contributed by atoms with Crippen molar-refractivity contribution in [3.63, 3.8) is 0 Å². The van der Waals surface area contributed by atoms with Crippen molar-refractivity contribution >= 4 is 50.8 Å². The van der Waals surface area contributed by atoms with Gasteiger partial charge in [-0.25, -0.2) is 9.78 Å². The number of aryl methyl sites for hydroxylation is 3. The van der Waals surface area contributed by atoms with Crippen molar-refractivity contribution < 1.29 is 4.79 Å². The van der Waals surface area contributed by atoms with Crippen molar-refractivity contribution in [1.29, 1.82) is 0 Å². The normalized spacial score (nSPS) is 11.3. The van der Waals surface area contributed by atoms with E-state index in [1.807, 2.05) is 32.0 Å². The lowest BCUT2D eigenvalue weighted by Crippen LogP contribution is -2.37. The minimum atomic E-state index is -0.488. The predicted octanol–water partition coefficient (Wildman–Crippen LogP) is 2.89. The van der Waals surface area contributed by atoms with Gasteiger partial charge in [0, 0.05) is 26.4 Å². The van der Waals surface area contributed by atoms with Crippen LogP contribution in [-0.4, -0.2) is 29.6 Å². The molecule has 0 saturated heterocycles. The first-order valence-corrected chi connectivity index (χ1v) is 11.0. The van der Waals surface area contributed by atoms with Crippen molar-refractivity contribution in [3.8, 4) is 0 Å². The first kappa shape index (κ1) is 22.0. The summed E-state index contributed by atoms with van der Waals surface area (Å²) < 4.78 is 3.81. The molecule has 3 aromatic heterocycles. The Morgan fingerprint density at radius 2 is 1.84 bits per heavy atom. The van der Waals surface area contributed by atoms with E-state index in [-0.39, 0.29) is 28.9 Å². The summed E-state index contributed by atoms with van der Waals surface area (Å²) in [6.07, 6.45) is 0. The second-order valence-electron chi connectivity index (χ2n) is 7.59. The first-order valence-electron chi connectivity index (χ1n) is 9.74. The largest absolute Gasteiger partial charge is 0.332 e. The molecule has 0 saturated carbocycles. The molecule has 0 spiro atoms. The summed E-state index contributed by atoms with van der Waals surface area (Å²) in [5, 5.41) is 2.39. The lowest BCUT2D eigenvalue weighted by Gasteiger charge is -2.19. The molecule has 166 valence electrons. The molecule has 11 heteroatoms. The quantitative estimate of drug-likeness (QED) is 0.425. The third kappa shape index (κ3) is 3.55. The third-order valence-electron chi connectivity index (χ3n) is 5.42. The molecule has 0 fully saturated rings. The highest BCUT2D eigenvalue weighted by molar-refractivity contribution is 7.14. The summed E-state index contributed by atoms with van der Waals surface area (Å²) in [5.41, 5.74) is 3.00. The average molecular weight is 473 g/mol. The molecule has 1 amide bonds. The van der Waals surface area contributed by atoms with E-state index in [0.717, 1.165) is 21.4 Å². The number of rotatable bonds is 4. The molecule has 9 nitrogen and oxygen atoms in total. The van der Waals surface area contributed by atoms with Crippen molar-refractivity contribution in [2.45, 2.75) is 27.3 Å². The van der Waals surface area contributed by atoms with Crippen LogP contribution in [-0.2, 0) is 25.4 Å². The van der Waals surface area contributed by atoms with Gasteiger partial charge in [0.1, 0.15) is 0 Å². The highest BCUT2D eigenvalue weighted by Crippen LogP contribution is 2.31. The van der Waals surface area contributed by atoms with Crippen LogP contribution in [0.3, 0.4) is 0 Å². The standard InChI is InChI=1S/C21H21ClN6O3S/c1-11-6-7-15(8-12(11)2)28(13(3)29)20-23-14(10-32-20)9-27-16-17(24-19(27)22)25(4)21(31)26(5)18(16)30/h6-8,10H,9H2,1-5H3. The Morgan fingerprint density at radius 3 is 2.50 bits per heavy atom. The number of fused-ring (bicyclic) bond motifs is 1. The van der Waals surface area contributed by atoms with E-state index < -0.39 is 11.2 Å². The average Bonchev–Trinajstić information content (AvgIpc) is 3.32. The summed E-state index contributed by atoms with van der Waals surface area (Å²) in [4.78, 5) is 47.7. The molecule has 0 bridgehead atoms. The Bertz CT molecular complexity index is 1500. The van der Waals surface area contributed by atoms with E-state index in [1.54, 1.807) is 10.3 Å². The highest BCUT2D eigenvalue weighted by atomic mass is 35.5. The maximum Gasteiger partial charge on any atom is 0.332 e. The van der Waals surface area contributed by atoms with Crippen molar-refractivity contribution in [2.24, 2.45) is 14.1 Å². The Hall–Kier alpha value is -3.24. The minimum absolute atomic E-state index is 0.0745. The van der Waals surface area contributed by atoms with Gasteiger partial charge in [-0.15, -0.1) is 11.3 Å². The molecule has 0 radical (unpaired) electrons. The van der Waals surface area contributed by atoms with Gasteiger partial charge in [-0.05, 0) is 48.7 Å². The van der Waals surface area contributed by atoms with Crippen molar-refractivity contribution in [1.82, 2.24) is 23.7 Å². The Balaban J connectivity index is 1.76. The Kier molecular flexibility index (Phi) is 5.51. The number of carbonyl (C=O) groups excluding carboxylic acids is 1. The van der Waals surface area contributed by atoms with Crippen molar-refractivity contribution in [2.75, 3.05) is 4.90 Å². The number of imidazole rings is 1. The van der Waals surface area contributed by atoms with Gasteiger partial charge in [0.05, 0.1) is 17.9 Å². The molecule has 1 aromatic carbocycles. The molecule has 3 heterocycles. The molecule has 0 unspecified atom stereocenters. The Labute approximate surface area is 192 Å². The number of hydrogen-bond donors (Lipinski definition) is 0. The van der Waals surface area contributed by atoms with E-state index in [4.69, 9.17) is 11.6 Å². The van der Waals surface area contributed by atoms with Gasteiger partial charge in [0.25, 0.3) is 5.56 Å². The van der Waals surface area contributed by atoms with Crippen LogP contribution in [0.2, 0.25) is 5.28 Å². The molecule has 0 aliphatic rings. The van der Waals surface area contributed by atoms with E-state index in [2.05, 4.69) is 9.97 Å². The van der Waals surface area contributed by atoms with Gasteiger partial charge in [-0.1, -0.05) is 6.07 Å². The second kappa shape index (κ2) is 8.03. The summed E-state index contributed by atoms with van der Waals surface area (Å²) >= 11 is 7.63.